The van der Waals surface area contributed by atoms with Crippen molar-refractivity contribution in [2.24, 2.45) is 0 Å². The Morgan fingerprint density at radius 3 is 1.91 bits per heavy atom. The average molecular weight is 333 g/mol. The molecule has 0 saturated carbocycles. The largest absolute Gasteiger partial charge is 0.290 e. The third-order valence-electron chi connectivity index (χ3n) is 3.35. The molecule has 0 bridgehead atoms. The summed E-state index contributed by atoms with van der Waals surface area (Å²) in [5, 5.41) is 0. The van der Waals surface area contributed by atoms with Crippen LogP contribution >= 0.6 is 0 Å². The topological polar surface area (TPSA) is 46.2 Å². The first-order chi connectivity index (χ1) is 11.1. The Bertz CT molecular complexity index is 687. The summed E-state index contributed by atoms with van der Waals surface area (Å²) in [6.07, 6.45) is 2.08. The lowest BCUT2D eigenvalue weighted by Gasteiger charge is -2.10. The molecular formula is C18H20FNO2S. The number of rotatable bonds is 8. The van der Waals surface area contributed by atoms with Crippen LogP contribution in [0.15, 0.2) is 66.9 Å². The molecule has 0 radical (unpaired) electrons. The van der Waals surface area contributed by atoms with Gasteiger partial charge in [0.15, 0.2) is 0 Å². The van der Waals surface area contributed by atoms with Gasteiger partial charge < -0.3 is 0 Å². The van der Waals surface area contributed by atoms with Gasteiger partial charge in [-0.05, 0) is 24.0 Å². The fraction of sp³-hybridized carbons (Fsp3) is 0.222. The van der Waals surface area contributed by atoms with Crippen LogP contribution in [0.1, 0.15) is 24.0 Å². The van der Waals surface area contributed by atoms with E-state index in [4.69, 9.17) is 0 Å². The Hall–Kier alpha value is -2.14. The summed E-state index contributed by atoms with van der Waals surface area (Å²) in [5.74, 6) is -0.0791. The van der Waals surface area contributed by atoms with Gasteiger partial charge in [-0.25, -0.2) is 8.42 Å². The Labute approximate surface area is 136 Å². The summed E-state index contributed by atoms with van der Waals surface area (Å²) in [6.45, 7) is -0.495. The Kier molecular flexibility index (Phi) is 6.35. The van der Waals surface area contributed by atoms with E-state index in [0.29, 0.717) is 6.42 Å². The molecule has 0 spiro atoms. The summed E-state index contributed by atoms with van der Waals surface area (Å²) in [4.78, 5) is 0. The molecule has 23 heavy (non-hydrogen) atoms. The highest BCUT2D eigenvalue weighted by Crippen LogP contribution is 2.22. The maximum absolute atomic E-state index is 12.1. The third-order valence-corrected chi connectivity index (χ3v) is 4.65. The van der Waals surface area contributed by atoms with Crippen molar-refractivity contribution < 1.29 is 12.8 Å². The third kappa shape index (κ3) is 5.53. The molecule has 0 saturated heterocycles. The molecule has 0 aliphatic carbocycles. The van der Waals surface area contributed by atoms with Gasteiger partial charge in [-0.2, -0.15) is 0 Å². The van der Waals surface area contributed by atoms with E-state index in [-0.39, 0.29) is 12.2 Å². The lowest BCUT2D eigenvalue weighted by molar-refractivity contribution is 0.468. The summed E-state index contributed by atoms with van der Waals surface area (Å²) < 4.78 is 38.6. The second kappa shape index (κ2) is 8.48. The van der Waals surface area contributed by atoms with Crippen LogP contribution in [0.25, 0.3) is 5.57 Å². The van der Waals surface area contributed by atoms with Gasteiger partial charge in [-0.1, -0.05) is 60.7 Å². The summed E-state index contributed by atoms with van der Waals surface area (Å²) >= 11 is 0. The van der Waals surface area contributed by atoms with Crippen molar-refractivity contribution >= 4 is 15.6 Å². The monoisotopic (exact) mass is 333 g/mol. The smallest absolute Gasteiger partial charge is 0.232 e. The SMILES string of the molecule is O=S(=O)(CCCCF)NC=C(c1ccccc1)c1ccccc1. The maximum atomic E-state index is 12.1. The number of alkyl halides is 1. The quantitative estimate of drug-likeness (QED) is 0.748. The van der Waals surface area contributed by atoms with Gasteiger partial charge in [0, 0.05) is 11.8 Å². The molecule has 0 atom stereocenters. The zero-order valence-electron chi connectivity index (χ0n) is 12.8. The standard InChI is InChI=1S/C18H20FNO2S/c19-13-7-8-14-23(21,22)20-15-18(16-9-3-1-4-10-16)17-11-5-2-6-12-17/h1-6,9-12,15,20H,7-8,13-14H2. The highest BCUT2D eigenvalue weighted by molar-refractivity contribution is 7.89. The van der Waals surface area contributed by atoms with E-state index in [1.165, 1.54) is 6.20 Å². The van der Waals surface area contributed by atoms with Gasteiger partial charge in [-0.15, -0.1) is 0 Å². The minimum atomic E-state index is -3.46. The molecule has 0 aliphatic heterocycles. The molecule has 5 heteroatoms. The van der Waals surface area contributed by atoms with Crippen molar-refractivity contribution in [2.75, 3.05) is 12.4 Å². The zero-order chi connectivity index (χ0) is 16.5. The van der Waals surface area contributed by atoms with Crippen LogP contribution in [-0.2, 0) is 10.0 Å². The van der Waals surface area contributed by atoms with Crippen molar-refractivity contribution in [3.63, 3.8) is 0 Å². The predicted molar refractivity (Wildman–Crippen MR) is 92.1 cm³/mol. The number of sulfonamides is 1. The molecule has 0 aromatic heterocycles. The molecule has 2 aromatic rings. The first-order valence-corrected chi connectivity index (χ1v) is 9.14. The highest BCUT2D eigenvalue weighted by Gasteiger charge is 2.10. The van der Waals surface area contributed by atoms with Crippen molar-refractivity contribution in [1.29, 1.82) is 0 Å². The summed E-state index contributed by atoms with van der Waals surface area (Å²) in [6, 6.07) is 19.1. The molecule has 0 heterocycles. The molecule has 122 valence electrons. The minimum absolute atomic E-state index is 0.0791. The molecule has 0 aliphatic rings. The molecule has 1 N–H and O–H groups in total. The fourth-order valence-electron chi connectivity index (χ4n) is 2.16. The van der Waals surface area contributed by atoms with Gasteiger partial charge in [0.2, 0.25) is 10.0 Å². The highest BCUT2D eigenvalue weighted by atomic mass is 32.2. The van der Waals surface area contributed by atoms with Gasteiger partial charge in [0.25, 0.3) is 0 Å². The van der Waals surface area contributed by atoms with Crippen LogP contribution in [0.3, 0.4) is 0 Å². The lowest BCUT2D eigenvalue weighted by atomic mass is 9.99. The van der Waals surface area contributed by atoms with Crippen molar-refractivity contribution in [2.45, 2.75) is 12.8 Å². The van der Waals surface area contributed by atoms with Gasteiger partial charge >= 0.3 is 0 Å². The number of benzene rings is 2. The minimum Gasteiger partial charge on any atom is -0.290 e. The van der Waals surface area contributed by atoms with Crippen LogP contribution < -0.4 is 4.72 Å². The van der Waals surface area contributed by atoms with E-state index < -0.39 is 16.7 Å². The van der Waals surface area contributed by atoms with E-state index in [2.05, 4.69) is 4.72 Å². The van der Waals surface area contributed by atoms with Gasteiger partial charge in [0.05, 0.1) is 12.4 Å². The fourth-order valence-corrected chi connectivity index (χ4v) is 3.16. The second-order valence-corrected chi connectivity index (χ2v) is 7.00. The number of halogens is 1. The van der Waals surface area contributed by atoms with E-state index in [0.717, 1.165) is 16.7 Å². The summed E-state index contributed by atoms with van der Waals surface area (Å²) in [7, 11) is -3.46. The molecular weight excluding hydrogens is 313 g/mol. The van der Waals surface area contributed by atoms with Crippen LogP contribution in [0, 0.1) is 0 Å². The molecule has 0 amide bonds. The Morgan fingerprint density at radius 1 is 0.913 bits per heavy atom. The average Bonchev–Trinajstić information content (AvgIpc) is 2.57. The normalized spacial score (nSPS) is 11.0. The van der Waals surface area contributed by atoms with Crippen molar-refractivity contribution in [1.82, 2.24) is 4.72 Å². The van der Waals surface area contributed by atoms with E-state index in [1.54, 1.807) is 0 Å². The lowest BCUT2D eigenvalue weighted by Crippen LogP contribution is -2.22. The number of nitrogens with one attached hydrogen (secondary N) is 1. The second-order valence-electron chi connectivity index (χ2n) is 5.12. The molecule has 2 rings (SSSR count). The van der Waals surface area contributed by atoms with Gasteiger partial charge in [-0.3, -0.25) is 9.11 Å². The molecule has 0 fully saturated rings. The van der Waals surface area contributed by atoms with Crippen LogP contribution in [-0.4, -0.2) is 20.8 Å². The van der Waals surface area contributed by atoms with Crippen LogP contribution in [0.5, 0.6) is 0 Å². The Balaban J connectivity index is 2.25. The van der Waals surface area contributed by atoms with Gasteiger partial charge in [0.1, 0.15) is 0 Å². The van der Waals surface area contributed by atoms with E-state index >= 15 is 0 Å². The first-order valence-electron chi connectivity index (χ1n) is 7.49. The first kappa shape index (κ1) is 17.2. The Morgan fingerprint density at radius 2 is 1.43 bits per heavy atom. The number of hydrogen-bond donors (Lipinski definition) is 1. The van der Waals surface area contributed by atoms with Crippen LogP contribution in [0.2, 0.25) is 0 Å². The summed E-state index contributed by atoms with van der Waals surface area (Å²) in [5.41, 5.74) is 2.63. The van der Waals surface area contributed by atoms with E-state index in [9.17, 15) is 12.8 Å². The maximum Gasteiger partial charge on any atom is 0.232 e. The predicted octanol–water partition coefficient (Wildman–Crippen LogP) is 3.74. The number of unbranched alkanes of at least 4 members (excludes halogenated alkanes) is 1. The molecule has 3 nitrogen and oxygen atoms in total. The van der Waals surface area contributed by atoms with Crippen LogP contribution in [0.4, 0.5) is 4.39 Å². The molecule has 2 aromatic carbocycles. The molecule has 0 unspecified atom stereocenters. The number of hydrogen-bond acceptors (Lipinski definition) is 2. The van der Waals surface area contributed by atoms with Crippen molar-refractivity contribution in [3.05, 3.63) is 78.0 Å². The van der Waals surface area contributed by atoms with E-state index in [1.807, 2.05) is 60.7 Å². The van der Waals surface area contributed by atoms with Crippen molar-refractivity contribution in [3.8, 4) is 0 Å². The zero-order valence-corrected chi connectivity index (χ0v) is 13.6.